The molecule has 0 aliphatic carbocycles. The van der Waals surface area contributed by atoms with Gasteiger partial charge in [0.2, 0.25) is 7.44 Å². The van der Waals surface area contributed by atoms with E-state index in [2.05, 4.69) is 56.6 Å². The summed E-state index contributed by atoms with van der Waals surface area (Å²) in [6.07, 6.45) is 8.29. The van der Waals surface area contributed by atoms with Crippen molar-refractivity contribution in [3.8, 4) is 0 Å². The van der Waals surface area contributed by atoms with E-state index in [9.17, 15) is 4.57 Å². The zero-order chi connectivity index (χ0) is 15.8. The molecule has 0 fully saturated rings. The molecule has 116 valence electrons. The van der Waals surface area contributed by atoms with E-state index in [0.29, 0.717) is 11.8 Å². The van der Waals surface area contributed by atoms with Crippen LogP contribution in [0.4, 0.5) is 0 Å². The summed E-state index contributed by atoms with van der Waals surface area (Å²) >= 11 is 0. The SMILES string of the molecule is C=CP(=O)(N[C@@H](C)/C=C/C(C)C)N[C@@H](C)/C=C/C(C)C. The number of hydrogen-bond acceptors (Lipinski definition) is 1. The molecule has 0 aromatic carbocycles. The van der Waals surface area contributed by atoms with Crippen LogP contribution in [0.5, 0.6) is 0 Å². The highest BCUT2D eigenvalue weighted by Gasteiger charge is 2.20. The van der Waals surface area contributed by atoms with Crippen molar-refractivity contribution in [1.82, 2.24) is 10.2 Å². The summed E-state index contributed by atoms with van der Waals surface area (Å²) in [7, 11) is -2.77. The third kappa shape index (κ3) is 9.30. The lowest BCUT2D eigenvalue weighted by molar-refractivity contribution is 0.551. The fourth-order valence-electron chi connectivity index (χ4n) is 1.61. The molecule has 0 radical (unpaired) electrons. The molecule has 0 saturated carbocycles. The van der Waals surface area contributed by atoms with Crippen molar-refractivity contribution in [2.45, 2.75) is 53.6 Å². The van der Waals surface area contributed by atoms with Gasteiger partial charge in [-0.25, -0.2) is 10.2 Å². The van der Waals surface area contributed by atoms with Crippen molar-refractivity contribution in [3.05, 3.63) is 36.7 Å². The van der Waals surface area contributed by atoms with E-state index in [1.54, 1.807) is 0 Å². The quantitative estimate of drug-likeness (QED) is 0.479. The van der Waals surface area contributed by atoms with Crippen LogP contribution in [0.15, 0.2) is 36.7 Å². The second-order valence-electron chi connectivity index (χ2n) is 5.93. The first-order chi connectivity index (χ1) is 9.18. The Bertz CT molecular complexity index is 356. The molecule has 0 saturated heterocycles. The van der Waals surface area contributed by atoms with Gasteiger partial charge in [0.1, 0.15) is 0 Å². The Labute approximate surface area is 125 Å². The number of allylic oxidation sites excluding steroid dienone is 2. The lowest BCUT2D eigenvalue weighted by atomic mass is 10.2. The average Bonchev–Trinajstić information content (AvgIpc) is 2.33. The highest BCUT2D eigenvalue weighted by atomic mass is 31.2. The number of hydrogen-bond donors (Lipinski definition) is 2. The molecular weight excluding hydrogens is 267 g/mol. The minimum absolute atomic E-state index is 0.0370. The molecule has 2 N–H and O–H groups in total. The standard InChI is InChI=1S/C16H31N2OP/c1-8-20(19,17-15(6)11-9-13(2)3)18-16(7)12-10-14(4)5/h8-16H,1H2,2-7H3,(H2,17,18,19)/b11-9+,12-10+/t15-,16-/m0/s1. The van der Waals surface area contributed by atoms with Crippen LogP contribution >= 0.6 is 7.44 Å². The Balaban J connectivity index is 4.61. The number of rotatable bonds is 9. The van der Waals surface area contributed by atoms with E-state index in [0.717, 1.165) is 0 Å². The molecule has 0 amide bonds. The molecule has 0 aromatic rings. The van der Waals surface area contributed by atoms with Gasteiger partial charge >= 0.3 is 0 Å². The highest BCUT2D eigenvalue weighted by molar-refractivity contribution is 7.63. The zero-order valence-corrected chi connectivity index (χ0v) is 14.7. The Morgan fingerprint density at radius 2 is 1.15 bits per heavy atom. The van der Waals surface area contributed by atoms with Gasteiger partial charge < -0.3 is 0 Å². The molecule has 0 bridgehead atoms. The van der Waals surface area contributed by atoms with E-state index >= 15 is 0 Å². The largest absolute Gasteiger partial charge is 0.285 e. The van der Waals surface area contributed by atoms with Gasteiger partial charge in [-0.15, -0.1) is 0 Å². The van der Waals surface area contributed by atoms with Gasteiger partial charge in [0, 0.05) is 12.1 Å². The summed E-state index contributed by atoms with van der Waals surface area (Å²) in [6.45, 7) is 16.1. The molecule has 4 heteroatoms. The number of nitrogens with one attached hydrogen (secondary N) is 2. The molecule has 0 spiro atoms. The molecule has 20 heavy (non-hydrogen) atoms. The van der Waals surface area contributed by atoms with Crippen LogP contribution in [0.3, 0.4) is 0 Å². The van der Waals surface area contributed by atoms with Gasteiger partial charge in [-0.05, 0) is 31.5 Å². The molecule has 0 unspecified atom stereocenters. The summed E-state index contributed by atoms with van der Waals surface area (Å²) in [5, 5.41) is 6.25. The van der Waals surface area contributed by atoms with Gasteiger partial charge in [-0.2, -0.15) is 0 Å². The molecule has 0 rings (SSSR count). The van der Waals surface area contributed by atoms with E-state index < -0.39 is 7.44 Å². The van der Waals surface area contributed by atoms with Crippen molar-refractivity contribution in [1.29, 1.82) is 0 Å². The van der Waals surface area contributed by atoms with Crippen molar-refractivity contribution in [3.63, 3.8) is 0 Å². The first kappa shape index (κ1) is 19.4. The van der Waals surface area contributed by atoms with Gasteiger partial charge in [0.15, 0.2) is 0 Å². The third-order valence-corrected chi connectivity index (χ3v) is 4.71. The van der Waals surface area contributed by atoms with Gasteiger partial charge in [0.05, 0.1) is 0 Å². The Kier molecular flexibility index (Phi) is 9.04. The smallest absolute Gasteiger partial charge is 0.233 e. The maximum Gasteiger partial charge on any atom is 0.233 e. The second-order valence-corrected chi connectivity index (χ2v) is 8.13. The lowest BCUT2D eigenvalue weighted by Gasteiger charge is -2.23. The van der Waals surface area contributed by atoms with Crippen molar-refractivity contribution < 1.29 is 4.57 Å². The monoisotopic (exact) mass is 298 g/mol. The Morgan fingerprint density at radius 3 is 1.40 bits per heavy atom. The molecule has 0 aliphatic rings. The predicted octanol–water partition coefficient (Wildman–Crippen LogP) is 4.70. The topological polar surface area (TPSA) is 41.1 Å². The van der Waals surface area contributed by atoms with Gasteiger partial charge in [0.25, 0.3) is 0 Å². The Morgan fingerprint density at radius 1 is 0.800 bits per heavy atom. The second kappa shape index (κ2) is 9.33. The molecule has 0 aromatic heterocycles. The molecule has 0 heterocycles. The van der Waals surface area contributed by atoms with E-state index in [-0.39, 0.29) is 12.1 Å². The molecule has 0 aliphatic heterocycles. The van der Waals surface area contributed by atoms with Crippen LogP contribution < -0.4 is 10.2 Å². The van der Waals surface area contributed by atoms with Gasteiger partial charge in [-0.1, -0.05) is 58.6 Å². The van der Waals surface area contributed by atoms with Crippen LogP contribution in [-0.2, 0) is 4.57 Å². The van der Waals surface area contributed by atoms with E-state index in [1.807, 2.05) is 26.0 Å². The van der Waals surface area contributed by atoms with Crippen LogP contribution in [-0.4, -0.2) is 12.1 Å². The van der Waals surface area contributed by atoms with E-state index in [1.165, 1.54) is 5.82 Å². The summed E-state index contributed by atoms with van der Waals surface area (Å²) in [4.78, 5) is 0. The molecule has 2 atom stereocenters. The van der Waals surface area contributed by atoms with Crippen LogP contribution in [0.2, 0.25) is 0 Å². The van der Waals surface area contributed by atoms with Crippen molar-refractivity contribution in [2.75, 3.05) is 0 Å². The first-order valence-corrected chi connectivity index (χ1v) is 9.11. The summed E-state index contributed by atoms with van der Waals surface area (Å²) < 4.78 is 12.7. The summed E-state index contributed by atoms with van der Waals surface area (Å²) in [5.41, 5.74) is 0. The van der Waals surface area contributed by atoms with E-state index in [4.69, 9.17) is 0 Å². The maximum absolute atomic E-state index is 12.7. The van der Waals surface area contributed by atoms with Crippen LogP contribution in [0, 0.1) is 11.8 Å². The van der Waals surface area contributed by atoms with Gasteiger partial charge in [-0.3, -0.25) is 4.57 Å². The van der Waals surface area contributed by atoms with Crippen LogP contribution in [0.25, 0.3) is 0 Å². The summed E-state index contributed by atoms with van der Waals surface area (Å²) in [6, 6.07) is 0.0741. The fraction of sp³-hybridized carbons (Fsp3) is 0.625. The highest BCUT2D eigenvalue weighted by Crippen LogP contribution is 2.38. The van der Waals surface area contributed by atoms with Crippen molar-refractivity contribution >= 4 is 7.44 Å². The zero-order valence-electron chi connectivity index (χ0n) is 13.8. The predicted molar refractivity (Wildman–Crippen MR) is 91.0 cm³/mol. The third-order valence-electron chi connectivity index (χ3n) is 2.62. The van der Waals surface area contributed by atoms with Crippen molar-refractivity contribution in [2.24, 2.45) is 11.8 Å². The molecular formula is C16H31N2OP. The fourth-order valence-corrected chi connectivity index (χ4v) is 3.28. The van der Waals surface area contributed by atoms with Crippen LogP contribution in [0.1, 0.15) is 41.5 Å². The molecule has 3 nitrogen and oxygen atoms in total. The maximum atomic E-state index is 12.7. The minimum Gasteiger partial charge on any atom is -0.285 e. The lowest BCUT2D eigenvalue weighted by Crippen LogP contribution is -2.31. The average molecular weight is 298 g/mol. The normalized spacial score (nSPS) is 16.4. The minimum atomic E-state index is -2.77. The first-order valence-electron chi connectivity index (χ1n) is 7.34. The summed E-state index contributed by atoms with van der Waals surface area (Å²) in [5.74, 6) is 2.47. The Hall–Kier alpha value is -0.630.